The fraction of sp³-hybridized carbons (Fsp3) is 0.417. The van der Waals surface area contributed by atoms with E-state index in [1.807, 2.05) is 19.1 Å². The van der Waals surface area contributed by atoms with Gasteiger partial charge in [-0.25, -0.2) is 0 Å². The van der Waals surface area contributed by atoms with E-state index in [4.69, 9.17) is 10.3 Å². The third kappa shape index (κ3) is 2.06. The Morgan fingerprint density at radius 2 is 2.29 bits per heavy atom. The molecule has 2 aromatic heterocycles. The van der Waals surface area contributed by atoms with Crippen LogP contribution in [0.2, 0.25) is 0 Å². The van der Waals surface area contributed by atoms with Crippen LogP contribution >= 0.6 is 0 Å². The number of pyridine rings is 1. The maximum Gasteiger partial charge on any atom is 0.243 e. The first kappa shape index (κ1) is 10.4. The third-order valence-electron chi connectivity index (χ3n) is 2.87. The Balaban J connectivity index is 1.93. The molecule has 1 aliphatic rings. The molecule has 1 fully saturated rings. The van der Waals surface area contributed by atoms with Gasteiger partial charge in [-0.3, -0.25) is 4.98 Å². The topological polar surface area (TPSA) is 77.8 Å². The van der Waals surface area contributed by atoms with Gasteiger partial charge in [-0.1, -0.05) is 5.16 Å². The number of hydrogen-bond acceptors (Lipinski definition) is 5. The maximum absolute atomic E-state index is 5.68. The van der Waals surface area contributed by atoms with Crippen molar-refractivity contribution >= 4 is 0 Å². The highest BCUT2D eigenvalue weighted by Crippen LogP contribution is 2.39. The summed E-state index contributed by atoms with van der Waals surface area (Å²) in [5.74, 6) is 1.67. The maximum atomic E-state index is 5.68. The van der Waals surface area contributed by atoms with Gasteiger partial charge < -0.3 is 10.3 Å². The van der Waals surface area contributed by atoms with E-state index in [1.165, 1.54) is 12.8 Å². The summed E-state index contributed by atoms with van der Waals surface area (Å²) in [5.41, 5.74) is 7.75. The molecule has 0 radical (unpaired) electrons. The second-order valence-corrected chi connectivity index (χ2v) is 4.49. The van der Waals surface area contributed by atoms with Crippen molar-refractivity contribution in [1.82, 2.24) is 15.1 Å². The highest BCUT2D eigenvalue weighted by molar-refractivity contribution is 5.54. The van der Waals surface area contributed by atoms with Crippen LogP contribution in [-0.4, -0.2) is 15.1 Å². The van der Waals surface area contributed by atoms with Gasteiger partial charge in [0.2, 0.25) is 11.7 Å². The van der Waals surface area contributed by atoms with Gasteiger partial charge in [-0.2, -0.15) is 4.98 Å². The molecule has 0 aromatic carbocycles. The first-order valence-corrected chi connectivity index (χ1v) is 5.79. The second-order valence-electron chi connectivity index (χ2n) is 4.49. The van der Waals surface area contributed by atoms with Crippen molar-refractivity contribution in [3.63, 3.8) is 0 Å². The molecule has 0 bridgehead atoms. The van der Waals surface area contributed by atoms with E-state index < -0.39 is 0 Å². The van der Waals surface area contributed by atoms with Crippen molar-refractivity contribution in [2.45, 2.75) is 31.7 Å². The summed E-state index contributed by atoms with van der Waals surface area (Å²) in [5, 5.41) is 3.93. The summed E-state index contributed by atoms with van der Waals surface area (Å²) in [6, 6.07) is 3.69. The average molecular weight is 230 g/mol. The smallest absolute Gasteiger partial charge is 0.243 e. The van der Waals surface area contributed by atoms with Crippen molar-refractivity contribution in [3.8, 4) is 11.4 Å². The van der Waals surface area contributed by atoms with Crippen molar-refractivity contribution in [1.29, 1.82) is 0 Å². The monoisotopic (exact) mass is 230 g/mol. The molecule has 5 heteroatoms. The van der Waals surface area contributed by atoms with Gasteiger partial charge in [0, 0.05) is 23.4 Å². The predicted molar refractivity (Wildman–Crippen MR) is 62.1 cm³/mol. The van der Waals surface area contributed by atoms with E-state index in [1.54, 1.807) is 6.20 Å². The van der Waals surface area contributed by atoms with E-state index >= 15 is 0 Å². The van der Waals surface area contributed by atoms with Crippen LogP contribution in [0.1, 0.15) is 43.3 Å². The number of nitrogens with zero attached hydrogens (tertiary/aromatic N) is 3. The van der Waals surface area contributed by atoms with Crippen LogP contribution in [0, 0.1) is 0 Å². The SMILES string of the molecule is C[C@H](N)c1nc(-c2ccnc(C3CC3)c2)no1. The molecule has 2 heterocycles. The Labute approximate surface area is 99.1 Å². The highest BCUT2D eigenvalue weighted by Gasteiger charge is 2.25. The van der Waals surface area contributed by atoms with Crippen LogP contribution in [0.15, 0.2) is 22.9 Å². The Morgan fingerprint density at radius 1 is 1.47 bits per heavy atom. The van der Waals surface area contributed by atoms with Gasteiger partial charge in [-0.05, 0) is 31.9 Å². The quantitative estimate of drug-likeness (QED) is 0.872. The van der Waals surface area contributed by atoms with Gasteiger partial charge in [-0.15, -0.1) is 0 Å². The number of hydrogen-bond donors (Lipinski definition) is 1. The van der Waals surface area contributed by atoms with Crippen molar-refractivity contribution in [2.75, 3.05) is 0 Å². The van der Waals surface area contributed by atoms with Gasteiger partial charge in [0.15, 0.2) is 0 Å². The third-order valence-corrected chi connectivity index (χ3v) is 2.87. The van der Waals surface area contributed by atoms with E-state index in [0.717, 1.165) is 11.3 Å². The van der Waals surface area contributed by atoms with E-state index in [-0.39, 0.29) is 6.04 Å². The summed E-state index contributed by atoms with van der Waals surface area (Å²) >= 11 is 0. The van der Waals surface area contributed by atoms with Gasteiger partial charge in [0.25, 0.3) is 0 Å². The summed E-state index contributed by atoms with van der Waals surface area (Å²) in [7, 11) is 0. The first-order chi connectivity index (χ1) is 8.24. The molecule has 0 saturated heterocycles. The van der Waals surface area contributed by atoms with Crippen molar-refractivity contribution < 1.29 is 4.52 Å². The van der Waals surface area contributed by atoms with E-state index in [0.29, 0.717) is 17.6 Å². The molecule has 1 saturated carbocycles. The number of nitrogens with two attached hydrogens (primary N) is 1. The molecule has 88 valence electrons. The number of rotatable bonds is 3. The Kier molecular flexibility index (Phi) is 2.40. The minimum atomic E-state index is -0.235. The van der Waals surface area contributed by atoms with Gasteiger partial charge in [0.1, 0.15) is 0 Å². The molecule has 2 aromatic rings. The van der Waals surface area contributed by atoms with Crippen LogP contribution in [0.4, 0.5) is 0 Å². The summed E-state index contributed by atoms with van der Waals surface area (Å²) < 4.78 is 5.09. The Hall–Kier alpha value is -1.75. The van der Waals surface area contributed by atoms with Crippen LogP contribution < -0.4 is 5.73 Å². The first-order valence-electron chi connectivity index (χ1n) is 5.79. The molecule has 0 spiro atoms. The van der Waals surface area contributed by atoms with E-state index in [9.17, 15) is 0 Å². The Morgan fingerprint density at radius 3 is 2.94 bits per heavy atom. The second kappa shape index (κ2) is 3.92. The van der Waals surface area contributed by atoms with Crippen molar-refractivity contribution in [2.24, 2.45) is 5.73 Å². The zero-order valence-corrected chi connectivity index (χ0v) is 9.63. The highest BCUT2D eigenvalue weighted by atomic mass is 16.5. The lowest BCUT2D eigenvalue weighted by molar-refractivity contribution is 0.362. The van der Waals surface area contributed by atoms with Crippen LogP contribution in [-0.2, 0) is 0 Å². The molecular formula is C12H14N4O. The standard InChI is InChI=1S/C12H14N4O/c1-7(13)12-15-11(16-17-12)9-4-5-14-10(6-9)8-2-3-8/h4-8H,2-3,13H2,1H3/t7-/m0/s1. The fourth-order valence-electron chi connectivity index (χ4n) is 1.73. The Bertz CT molecular complexity index is 531. The van der Waals surface area contributed by atoms with Crippen LogP contribution in [0.25, 0.3) is 11.4 Å². The van der Waals surface area contributed by atoms with Crippen LogP contribution in [0.5, 0.6) is 0 Å². The largest absolute Gasteiger partial charge is 0.337 e. The lowest BCUT2D eigenvalue weighted by atomic mass is 10.2. The fourth-order valence-corrected chi connectivity index (χ4v) is 1.73. The lowest BCUT2D eigenvalue weighted by Crippen LogP contribution is -2.04. The summed E-state index contributed by atoms with van der Waals surface area (Å²) in [4.78, 5) is 8.63. The molecule has 5 nitrogen and oxygen atoms in total. The normalized spacial score (nSPS) is 17.1. The van der Waals surface area contributed by atoms with Gasteiger partial charge in [0.05, 0.1) is 6.04 Å². The molecule has 0 unspecified atom stereocenters. The van der Waals surface area contributed by atoms with Gasteiger partial charge >= 0.3 is 0 Å². The van der Waals surface area contributed by atoms with Crippen LogP contribution in [0.3, 0.4) is 0 Å². The predicted octanol–water partition coefficient (Wildman–Crippen LogP) is 2.03. The molecule has 17 heavy (non-hydrogen) atoms. The molecular weight excluding hydrogens is 216 g/mol. The molecule has 0 amide bonds. The zero-order chi connectivity index (χ0) is 11.8. The average Bonchev–Trinajstić information content (AvgIpc) is 3.06. The molecule has 1 aliphatic carbocycles. The minimum Gasteiger partial charge on any atom is -0.337 e. The summed E-state index contributed by atoms with van der Waals surface area (Å²) in [6.45, 7) is 1.82. The summed E-state index contributed by atoms with van der Waals surface area (Å²) in [6.07, 6.45) is 4.26. The molecule has 3 rings (SSSR count). The molecule has 2 N–H and O–H groups in total. The number of aromatic nitrogens is 3. The minimum absolute atomic E-state index is 0.235. The zero-order valence-electron chi connectivity index (χ0n) is 9.63. The van der Waals surface area contributed by atoms with E-state index in [2.05, 4.69) is 15.1 Å². The molecule has 1 atom stereocenters. The lowest BCUT2D eigenvalue weighted by Gasteiger charge is -1.98. The van der Waals surface area contributed by atoms with Crippen molar-refractivity contribution in [3.05, 3.63) is 29.9 Å². The molecule has 0 aliphatic heterocycles.